The number of halogens is 2. The van der Waals surface area contributed by atoms with Crippen LogP contribution in [0.1, 0.15) is 60.6 Å². The van der Waals surface area contributed by atoms with Crippen molar-refractivity contribution in [3.8, 4) is 11.5 Å². The first-order chi connectivity index (χ1) is 18.6. The molecule has 2 atom stereocenters. The number of carbonyl (C=O) groups excluding carboxylic acids is 3. The first-order valence-electron chi connectivity index (χ1n) is 12.4. The largest absolute Gasteiger partial charge is 0.507 e. The summed E-state index contributed by atoms with van der Waals surface area (Å²) in [6, 6.07) is 9.38. The van der Waals surface area contributed by atoms with Gasteiger partial charge in [-0.05, 0) is 80.8 Å². The number of aryl methyl sites for hydroxylation is 2. The summed E-state index contributed by atoms with van der Waals surface area (Å²) in [5.41, 5.74) is 0.767. The highest BCUT2D eigenvalue weighted by Gasteiger charge is 2.30. The number of ketones is 1. The second-order valence-electron chi connectivity index (χ2n) is 9.49. The van der Waals surface area contributed by atoms with Gasteiger partial charge in [0.05, 0.1) is 11.6 Å². The van der Waals surface area contributed by atoms with Gasteiger partial charge >= 0.3 is 5.97 Å². The molecule has 0 spiro atoms. The third-order valence-electron chi connectivity index (χ3n) is 6.67. The minimum Gasteiger partial charge on any atom is -0.507 e. The zero-order valence-corrected chi connectivity index (χ0v) is 21.4. The lowest BCUT2D eigenvalue weighted by atomic mass is 10.0. The second-order valence-corrected chi connectivity index (χ2v) is 9.49. The Bertz CT molecular complexity index is 1400. The van der Waals surface area contributed by atoms with Crippen LogP contribution in [-0.2, 0) is 4.74 Å². The maximum atomic E-state index is 14.1. The Morgan fingerprint density at radius 1 is 0.949 bits per heavy atom. The minimum absolute atomic E-state index is 0.0605. The number of phenols is 2. The zero-order chi connectivity index (χ0) is 28.3. The molecule has 1 aliphatic rings. The van der Waals surface area contributed by atoms with Gasteiger partial charge in [-0.25, -0.2) is 13.6 Å². The van der Waals surface area contributed by atoms with E-state index >= 15 is 0 Å². The van der Waals surface area contributed by atoms with Gasteiger partial charge in [0.1, 0.15) is 23.2 Å². The first kappa shape index (κ1) is 27.7. The van der Waals surface area contributed by atoms with Crippen LogP contribution >= 0.6 is 0 Å². The van der Waals surface area contributed by atoms with Crippen molar-refractivity contribution in [2.45, 2.75) is 38.8 Å². The van der Waals surface area contributed by atoms with Gasteiger partial charge in [0.15, 0.2) is 17.4 Å². The van der Waals surface area contributed by atoms with Gasteiger partial charge in [0.25, 0.3) is 5.91 Å². The molecule has 4 N–H and O–H groups in total. The van der Waals surface area contributed by atoms with E-state index in [1.165, 1.54) is 24.3 Å². The van der Waals surface area contributed by atoms with Crippen molar-refractivity contribution in [3.63, 3.8) is 0 Å². The van der Waals surface area contributed by atoms with E-state index in [-0.39, 0.29) is 22.8 Å². The van der Waals surface area contributed by atoms with Gasteiger partial charge in [0, 0.05) is 17.7 Å². The number of phenolic OH excluding ortho intramolecular Hbond substituents is 2. The van der Waals surface area contributed by atoms with Gasteiger partial charge in [-0.15, -0.1) is 0 Å². The molecule has 0 radical (unpaired) electrons. The Morgan fingerprint density at radius 3 is 2.26 bits per heavy atom. The molecule has 1 amide bonds. The lowest BCUT2D eigenvalue weighted by Crippen LogP contribution is -2.49. The number of rotatable bonds is 6. The Balaban J connectivity index is 1.47. The normalized spacial score (nSPS) is 17.2. The Labute approximate surface area is 223 Å². The Kier molecular flexibility index (Phi) is 8.25. The molecule has 4 rings (SSSR count). The Morgan fingerprint density at radius 2 is 1.59 bits per heavy atom. The number of esters is 1. The molecular weight excluding hydrogens is 510 g/mol. The second kappa shape index (κ2) is 11.6. The number of aromatic hydroxyl groups is 2. The lowest BCUT2D eigenvalue weighted by molar-refractivity contribution is 0.0192. The van der Waals surface area contributed by atoms with Crippen molar-refractivity contribution in [1.29, 1.82) is 0 Å². The number of nitrogens with one attached hydrogen (secondary N) is 2. The molecule has 1 heterocycles. The molecule has 3 aromatic rings. The van der Waals surface area contributed by atoms with Crippen molar-refractivity contribution in [2.24, 2.45) is 0 Å². The molecule has 1 aliphatic heterocycles. The van der Waals surface area contributed by atoms with Crippen LogP contribution in [0.4, 0.5) is 8.78 Å². The van der Waals surface area contributed by atoms with E-state index in [1.54, 1.807) is 26.0 Å². The van der Waals surface area contributed by atoms with Crippen LogP contribution in [0.25, 0.3) is 0 Å². The van der Waals surface area contributed by atoms with E-state index in [2.05, 4.69) is 10.6 Å². The fourth-order valence-corrected chi connectivity index (χ4v) is 4.51. The number of benzene rings is 3. The van der Waals surface area contributed by atoms with Crippen molar-refractivity contribution in [1.82, 2.24) is 10.6 Å². The summed E-state index contributed by atoms with van der Waals surface area (Å²) < 4.78 is 33.4. The minimum atomic E-state index is -1.46. The van der Waals surface area contributed by atoms with Crippen LogP contribution in [0.2, 0.25) is 0 Å². The smallest absolute Gasteiger partial charge is 0.338 e. The van der Waals surface area contributed by atoms with Crippen LogP contribution in [-0.4, -0.2) is 53.1 Å². The highest BCUT2D eigenvalue weighted by Crippen LogP contribution is 2.26. The quantitative estimate of drug-likeness (QED) is 0.277. The van der Waals surface area contributed by atoms with Crippen LogP contribution in [0.15, 0.2) is 48.5 Å². The van der Waals surface area contributed by atoms with E-state index in [1.807, 2.05) is 0 Å². The highest BCUT2D eigenvalue weighted by atomic mass is 19.2. The first-order valence-corrected chi connectivity index (χ1v) is 12.4. The van der Waals surface area contributed by atoms with E-state index in [9.17, 15) is 33.4 Å². The molecule has 0 aromatic heterocycles. The number of carbonyl (C=O) groups is 3. The average Bonchev–Trinajstić information content (AvgIpc) is 3.14. The zero-order valence-electron chi connectivity index (χ0n) is 21.4. The van der Waals surface area contributed by atoms with Crippen molar-refractivity contribution in [2.75, 3.05) is 13.1 Å². The molecule has 8 nitrogen and oxygen atoms in total. The SMILES string of the molecule is Cc1cc(C(=O)N[C@@H]2CNCCC[C@H]2OC(=O)c2ccc(C(=O)c3c(O)ccc(F)c3F)cc2)cc(C)c1O. The predicted octanol–water partition coefficient (Wildman–Crippen LogP) is 3.93. The summed E-state index contributed by atoms with van der Waals surface area (Å²) >= 11 is 0. The molecule has 0 aliphatic carbocycles. The number of amides is 1. The summed E-state index contributed by atoms with van der Waals surface area (Å²) in [5.74, 6) is -5.30. The fourth-order valence-electron chi connectivity index (χ4n) is 4.51. The van der Waals surface area contributed by atoms with Crippen molar-refractivity contribution < 1.29 is 38.1 Å². The van der Waals surface area contributed by atoms with E-state index in [0.29, 0.717) is 48.7 Å². The third kappa shape index (κ3) is 6.06. The maximum absolute atomic E-state index is 14.1. The summed E-state index contributed by atoms with van der Waals surface area (Å²) in [7, 11) is 0. The van der Waals surface area contributed by atoms with Crippen molar-refractivity contribution >= 4 is 17.7 Å². The predicted molar refractivity (Wildman–Crippen MR) is 138 cm³/mol. The number of ether oxygens (including phenoxy) is 1. The summed E-state index contributed by atoms with van der Waals surface area (Å²) in [6.45, 7) is 4.45. The van der Waals surface area contributed by atoms with E-state index < -0.39 is 46.8 Å². The van der Waals surface area contributed by atoms with E-state index in [0.717, 1.165) is 6.07 Å². The standard InChI is InChI=1S/C29H28F2N2O6/c1-15-12-19(13-16(2)26(15)35)28(37)33-21-14-32-11-3-4-23(21)39-29(38)18-7-5-17(6-8-18)27(36)24-22(34)10-9-20(30)25(24)31/h5-10,12-13,21,23,32,34-35H,3-4,11,14H2,1-2H3,(H,33,37)/t21-,23-/m1/s1. The molecule has 39 heavy (non-hydrogen) atoms. The van der Waals surface area contributed by atoms with Gasteiger partial charge in [-0.1, -0.05) is 12.1 Å². The van der Waals surface area contributed by atoms with Crippen LogP contribution in [0.3, 0.4) is 0 Å². The van der Waals surface area contributed by atoms with Crippen molar-refractivity contribution in [3.05, 3.63) is 93.5 Å². The van der Waals surface area contributed by atoms with Crippen LogP contribution < -0.4 is 10.6 Å². The van der Waals surface area contributed by atoms with Crippen LogP contribution in [0, 0.1) is 25.5 Å². The van der Waals surface area contributed by atoms with Gasteiger partial charge in [-0.3, -0.25) is 9.59 Å². The molecule has 10 heteroatoms. The third-order valence-corrected chi connectivity index (χ3v) is 6.67. The number of hydrogen-bond donors (Lipinski definition) is 4. The fraction of sp³-hybridized carbons (Fsp3) is 0.276. The topological polar surface area (TPSA) is 125 Å². The van der Waals surface area contributed by atoms with Gasteiger partial charge in [-0.2, -0.15) is 0 Å². The van der Waals surface area contributed by atoms with E-state index in [4.69, 9.17) is 4.74 Å². The summed E-state index contributed by atoms with van der Waals surface area (Å²) in [6.07, 6.45) is 0.555. The monoisotopic (exact) mass is 538 g/mol. The molecule has 0 bridgehead atoms. The lowest BCUT2D eigenvalue weighted by Gasteiger charge is -2.26. The van der Waals surface area contributed by atoms with Crippen LogP contribution in [0.5, 0.6) is 11.5 Å². The molecule has 0 unspecified atom stereocenters. The molecule has 1 saturated heterocycles. The molecular formula is C29H28F2N2O6. The molecule has 204 valence electrons. The summed E-state index contributed by atoms with van der Waals surface area (Å²) in [4.78, 5) is 38.6. The maximum Gasteiger partial charge on any atom is 0.338 e. The van der Waals surface area contributed by atoms with Gasteiger partial charge in [0.2, 0.25) is 0 Å². The molecule has 0 saturated carbocycles. The van der Waals surface area contributed by atoms with Gasteiger partial charge < -0.3 is 25.6 Å². The molecule has 1 fully saturated rings. The molecule has 3 aromatic carbocycles. The average molecular weight is 539 g/mol. The highest BCUT2D eigenvalue weighted by molar-refractivity contribution is 6.11. The number of hydrogen-bond acceptors (Lipinski definition) is 7. The summed E-state index contributed by atoms with van der Waals surface area (Å²) in [5, 5.41) is 26.0. The Hall–Kier alpha value is -4.31.